The second kappa shape index (κ2) is 10.6. The van der Waals surface area contributed by atoms with Crippen LogP contribution in [0.15, 0.2) is 82.6 Å². The van der Waals surface area contributed by atoms with Crippen molar-refractivity contribution in [2.45, 2.75) is 29.2 Å². The van der Waals surface area contributed by atoms with E-state index in [-0.39, 0.29) is 27.1 Å². The van der Waals surface area contributed by atoms with Crippen LogP contribution in [0, 0.1) is 0 Å². The van der Waals surface area contributed by atoms with Gasteiger partial charge in [0, 0.05) is 25.8 Å². The molecule has 200 valence electrons. The molecule has 0 aromatic heterocycles. The summed E-state index contributed by atoms with van der Waals surface area (Å²) in [4.78, 5) is 24.9. The van der Waals surface area contributed by atoms with Gasteiger partial charge in [-0.15, -0.1) is 0 Å². The maximum absolute atomic E-state index is 13.5. The summed E-state index contributed by atoms with van der Waals surface area (Å²) in [6, 6.07) is 18.1. The molecule has 0 aliphatic carbocycles. The van der Waals surface area contributed by atoms with Gasteiger partial charge in [0.05, 0.1) is 21.0 Å². The van der Waals surface area contributed by atoms with Gasteiger partial charge in [0.1, 0.15) is 0 Å². The Labute approximate surface area is 221 Å². The van der Waals surface area contributed by atoms with Crippen molar-refractivity contribution in [3.05, 3.63) is 83.9 Å². The maximum atomic E-state index is 13.5. The minimum absolute atomic E-state index is 0.00902. The minimum Gasteiger partial charge on any atom is -0.452 e. The van der Waals surface area contributed by atoms with Gasteiger partial charge in [0.25, 0.3) is 15.9 Å². The van der Waals surface area contributed by atoms with E-state index in [1.165, 1.54) is 66.9 Å². The number of sulfonamides is 2. The fourth-order valence-corrected chi connectivity index (χ4v) is 6.84. The Balaban J connectivity index is 1.44. The van der Waals surface area contributed by atoms with Crippen molar-refractivity contribution >= 4 is 43.3 Å². The number of hydrogen-bond acceptors (Lipinski definition) is 7. The van der Waals surface area contributed by atoms with Crippen LogP contribution >= 0.6 is 0 Å². The third-order valence-electron chi connectivity index (χ3n) is 6.00. The van der Waals surface area contributed by atoms with Crippen LogP contribution < -0.4 is 9.62 Å². The second-order valence-corrected chi connectivity index (χ2v) is 12.9. The molecule has 0 saturated heterocycles. The minimum atomic E-state index is -3.96. The Hall–Kier alpha value is -3.74. The lowest BCUT2D eigenvalue weighted by Gasteiger charge is -2.24. The van der Waals surface area contributed by atoms with Gasteiger partial charge in [-0.2, -0.15) is 0 Å². The summed E-state index contributed by atoms with van der Waals surface area (Å²) >= 11 is 0. The number of anilines is 2. The quantitative estimate of drug-likeness (QED) is 0.422. The first kappa shape index (κ1) is 27.3. The van der Waals surface area contributed by atoms with E-state index in [2.05, 4.69) is 5.32 Å². The molecule has 10 nitrogen and oxygen atoms in total. The van der Waals surface area contributed by atoms with Crippen molar-refractivity contribution < 1.29 is 31.2 Å². The van der Waals surface area contributed by atoms with Gasteiger partial charge in [0.15, 0.2) is 6.61 Å². The Bertz CT molecular complexity index is 1600. The molecule has 0 spiro atoms. The Morgan fingerprint density at radius 1 is 0.947 bits per heavy atom. The summed E-state index contributed by atoms with van der Waals surface area (Å²) < 4.78 is 59.0. The van der Waals surface area contributed by atoms with Gasteiger partial charge >= 0.3 is 5.97 Å². The topological polar surface area (TPSA) is 130 Å². The van der Waals surface area contributed by atoms with Gasteiger partial charge in [-0.25, -0.2) is 25.9 Å². The van der Waals surface area contributed by atoms with Crippen molar-refractivity contribution in [2.24, 2.45) is 0 Å². The van der Waals surface area contributed by atoms with Crippen LogP contribution in [-0.4, -0.2) is 59.8 Å². The van der Waals surface area contributed by atoms with Gasteiger partial charge in [-0.1, -0.05) is 30.3 Å². The number of ether oxygens (including phenoxy) is 1. The largest absolute Gasteiger partial charge is 0.452 e. The number of nitrogens with one attached hydrogen (secondary N) is 1. The Kier molecular flexibility index (Phi) is 7.58. The molecule has 12 heteroatoms. The van der Waals surface area contributed by atoms with E-state index in [1.54, 1.807) is 12.1 Å². The number of benzene rings is 3. The summed E-state index contributed by atoms with van der Waals surface area (Å²) in [5.74, 6) is -1.57. The van der Waals surface area contributed by atoms with E-state index >= 15 is 0 Å². The lowest BCUT2D eigenvalue weighted by atomic mass is 10.1. The number of carbonyl (C=O) groups excluding carboxylic acids is 2. The second-order valence-electron chi connectivity index (χ2n) is 8.95. The first-order valence-corrected chi connectivity index (χ1v) is 14.5. The highest BCUT2D eigenvalue weighted by Gasteiger charge is 2.36. The zero-order valence-electron chi connectivity index (χ0n) is 21.0. The average molecular weight is 558 g/mol. The van der Waals surface area contributed by atoms with Gasteiger partial charge < -0.3 is 10.1 Å². The summed E-state index contributed by atoms with van der Waals surface area (Å²) in [6.07, 6.45) is 0.580. The van der Waals surface area contributed by atoms with Crippen LogP contribution in [0.4, 0.5) is 11.4 Å². The summed E-state index contributed by atoms with van der Waals surface area (Å²) in [7, 11) is -4.87. The molecule has 0 bridgehead atoms. The lowest BCUT2D eigenvalue weighted by Crippen LogP contribution is -2.35. The highest BCUT2D eigenvalue weighted by atomic mass is 32.2. The molecule has 3 aromatic carbocycles. The molecule has 1 heterocycles. The number of fused-ring (bicyclic) bond motifs is 1. The van der Waals surface area contributed by atoms with Crippen LogP contribution in [0.3, 0.4) is 0 Å². The first-order valence-electron chi connectivity index (χ1n) is 11.6. The molecular formula is C26H27N3O7S2. The number of nitrogens with zero attached hydrogens (tertiary/aromatic N) is 2. The normalized spacial score (nSPS) is 15.3. The van der Waals surface area contributed by atoms with Gasteiger partial charge in [-0.3, -0.25) is 9.10 Å². The molecule has 1 amide bonds. The number of para-hydroxylation sites is 1. The maximum Gasteiger partial charge on any atom is 0.338 e. The van der Waals surface area contributed by atoms with E-state index in [0.29, 0.717) is 12.1 Å². The smallest absolute Gasteiger partial charge is 0.338 e. The Morgan fingerprint density at radius 2 is 1.63 bits per heavy atom. The highest BCUT2D eigenvalue weighted by molar-refractivity contribution is 7.93. The van der Waals surface area contributed by atoms with Gasteiger partial charge in [-0.05, 0) is 61.4 Å². The highest BCUT2D eigenvalue weighted by Crippen LogP contribution is 2.36. The molecule has 0 unspecified atom stereocenters. The zero-order chi connectivity index (χ0) is 27.7. The van der Waals surface area contributed by atoms with E-state index in [0.717, 1.165) is 9.87 Å². The molecule has 1 atom stereocenters. The Morgan fingerprint density at radius 3 is 2.37 bits per heavy atom. The fourth-order valence-electron chi connectivity index (χ4n) is 4.16. The number of esters is 1. The van der Waals surface area contributed by atoms with E-state index in [4.69, 9.17) is 4.74 Å². The fraction of sp³-hybridized carbons (Fsp3) is 0.231. The standard InChI is InChI=1S/C26H27N3O7S2/c1-18-14-19-8-4-5-13-24(19)29(18)38(34,35)22-11-6-9-20(15-22)26(31)36-17-25(30)27-21-10-7-12-23(16-21)37(32,33)28(2)3/h4-13,15-16,18H,14,17H2,1-3H3,(H,27,30)/t18-/m0/s1. The first-order chi connectivity index (χ1) is 17.9. The molecule has 0 radical (unpaired) electrons. The van der Waals surface area contributed by atoms with Crippen molar-refractivity contribution in [1.29, 1.82) is 0 Å². The van der Waals surface area contributed by atoms with Crippen molar-refractivity contribution in [3.8, 4) is 0 Å². The number of amides is 1. The summed E-state index contributed by atoms with van der Waals surface area (Å²) in [6.45, 7) is 1.16. The summed E-state index contributed by atoms with van der Waals surface area (Å²) in [5.41, 5.74) is 1.71. The molecule has 1 aliphatic rings. The molecule has 1 N–H and O–H groups in total. The SMILES string of the molecule is C[C@H]1Cc2ccccc2N1S(=O)(=O)c1cccc(C(=O)OCC(=O)Nc2cccc(S(=O)(=O)N(C)C)c2)c1. The molecule has 0 fully saturated rings. The van der Waals surface area contributed by atoms with Crippen LogP contribution in [0.5, 0.6) is 0 Å². The van der Waals surface area contributed by atoms with Crippen LogP contribution in [0.1, 0.15) is 22.8 Å². The monoisotopic (exact) mass is 557 g/mol. The number of carbonyl (C=O) groups is 2. The van der Waals surface area contributed by atoms with Crippen LogP contribution in [0.25, 0.3) is 0 Å². The molecular weight excluding hydrogens is 530 g/mol. The van der Waals surface area contributed by atoms with E-state index < -0.39 is 38.5 Å². The predicted octanol–water partition coefficient (Wildman–Crippen LogP) is 2.87. The van der Waals surface area contributed by atoms with E-state index in [9.17, 15) is 26.4 Å². The van der Waals surface area contributed by atoms with Crippen molar-refractivity contribution in [2.75, 3.05) is 30.3 Å². The lowest BCUT2D eigenvalue weighted by molar-refractivity contribution is -0.119. The van der Waals surface area contributed by atoms with Crippen LogP contribution in [0.2, 0.25) is 0 Å². The predicted molar refractivity (Wildman–Crippen MR) is 142 cm³/mol. The summed E-state index contributed by atoms with van der Waals surface area (Å²) in [5, 5.41) is 2.49. The molecule has 0 saturated carbocycles. The third kappa shape index (κ3) is 5.42. The van der Waals surface area contributed by atoms with E-state index in [1.807, 2.05) is 19.1 Å². The zero-order valence-corrected chi connectivity index (χ0v) is 22.6. The van der Waals surface area contributed by atoms with Gasteiger partial charge in [0.2, 0.25) is 10.0 Å². The molecule has 38 heavy (non-hydrogen) atoms. The molecule has 3 aromatic rings. The number of hydrogen-bond donors (Lipinski definition) is 1. The average Bonchev–Trinajstić information content (AvgIpc) is 3.23. The third-order valence-corrected chi connectivity index (χ3v) is 9.74. The molecule has 1 aliphatic heterocycles. The molecule has 4 rings (SSSR count). The number of rotatable bonds is 8. The van der Waals surface area contributed by atoms with Crippen molar-refractivity contribution in [3.63, 3.8) is 0 Å². The van der Waals surface area contributed by atoms with Crippen molar-refractivity contribution in [1.82, 2.24) is 4.31 Å². The van der Waals surface area contributed by atoms with Crippen LogP contribution in [-0.2, 0) is 36.0 Å².